The van der Waals surface area contributed by atoms with Crippen molar-refractivity contribution in [2.75, 3.05) is 4.90 Å². The molecule has 4 aromatic rings. The van der Waals surface area contributed by atoms with E-state index < -0.39 is 0 Å². The van der Waals surface area contributed by atoms with Gasteiger partial charge in [0.25, 0.3) is 0 Å². The molecule has 0 aliphatic carbocycles. The van der Waals surface area contributed by atoms with Crippen molar-refractivity contribution in [3.63, 3.8) is 0 Å². The highest BCUT2D eigenvalue weighted by molar-refractivity contribution is 5.81. The van der Waals surface area contributed by atoms with E-state index in [1.807, 2.05) is 75.1 Å². The fourth-order valence-electron chi connectivity index (χ4n) is 3.83. The maximum absolute atomic E-state index is 10.2. The van der Waals surface area contributed by atoms with Gasteiger partial charge < -0.3 is 25.0 Å². The van der Waals surface area contributed by atoms with Crippen LogP contribution in [-0.2, 0) is 0 Å². The molecule has 4 aromatic carbocycles. The molecule has 0 aromatic heterocycles. The number of nitrogens with zero attached hydrogens (tertiary/aromatic N) is 1. The van der Waals surface area contributed by atoms with E-state index in [2.05, 4.69) is 0 Å². The molecule has 0 saturated heterocycles. The molecule has 5 nitrogen and oxygen atoms in total. The first-order valence-corrected chi connectivity index (χ1v) is 10.7. The smallest absolute Gasteiger partial charge is 0.134 e. The molecule has 0 amide bonds. The summed E-state index contributed by atoms with van der Waals surface area (Å²) in [4.78, 5) is 1.98. The molecule has 0 bridgehead atoms. The van der Waals surface area contributed by atoms with E-state index in [-0.39, 0.29) is 17.2 Å². The molecule has 0 unspecified atom stereocenters. The zero-order valence-electron chi connectivity index (χ0n) is 19.1. The van der Waals surface area contributed by atoms with Crippen LogP contribution in [0.2, 0.25) is 0 Å². The van der Waals surface area contributed by atoms with Crippen LogP contribution in [0.4, 0.5) is 17.1 Å². The van der Waals surface area contributed by atoms with Gasteiger partial charge in [-0.3, -0.25) is 0 Å². The molecule has 0 saturated carbocycles. The molecule has 0 fully saturated rings. The van der Waals surface area contributed by atoms with Crippen LogP contribution in [0, 0.1) is 27.7 Å². The third-order valence-electron chi connectivity index (χ3n) is 5.66. The summed E-state index contributed by atoms with van der Waals surface area (Å²) >= 11 is 0. The van der Waals surface area contributed by atoms with E-state index in [0.29, 0.717) is 11.5 Å². The Kier molecular flexibility index (Phi) is 5.88. The van der Waals surface area contributed by atoms with Crippen LogP contribution < -0.4 is 9.64 Å². The number of benzene rings is 4. The van der Waals surface area contributed by atoms with Gasteiger partial charge in [0.05, 0.1) is 11.4 Å². The number of phenolic OH excluding ortho intramolecular Hbond substituents is 3. The fraction of sp³-hybridized carbons (Fsp3) is 0.143. The summed E-state index contributed by atoms with van der Waals surface area (Å²) in [6.45, 7) is 7.72. The predicted octanol–water partition coefficient (Wildman–Crippen LogP) is 7.30. The Hall–Kier alpha value is -4.12. The van der Waals surface area contributed by atoms with E-state index in [1.54, 1.807) is 30.3 Å². The van der Waals surface area contributed by atoms with Gasteiger partial charge >= 0.3 is 0 Å². The van der Waals surface area contributed by atoms with Gasteiger partial charge in [0.2, 0.25) is 0 Å². The summed E-state index contributed by atoms with van der Waals surface area (Å²) in [6, 6.07) is 21.5. The van der Waals surface area contributed by atoms with Crippen molar-refractivity contribution in [2.45, 2.75) is 27.7 Å². The molecular weight excluding hydrogens is 414 g/mol. The second-order valence-corrected chi connectivity index (χ2v) is 8.28. The lowest BCUT2D eigenvalue weighted by Crippen LogP contribution is -2.12. The second-order valence-electron chi connectivity index (χ2n) is 8.28. The SMILES string of the molecule is Cc1cc(C)c(Oc2cccc(N(c3cc(O)ccc3C)c3cc(O)ccc3C)c2)cc1O. The van der Waals surface area contributed by atoms with Crippen molar-refractivity contribution < 1.29 is 20.1 Å². The Labute approximate surface area is 193 Å². The van der Waals surface area contributed by atoms with E-state index >= 15 is 0 Å². The summed E-state index contributed by atoms with van der Waals surface area (Å²) in [5.74, 6) is 1.65. The Balaban J connectivity index is 1.84. The van der Waals surface area contributed by atoms with E-state index in [4.69, 9.17) is 4.74 Å². The van der Waals surface area contributed by atoms with Gasteiger partial charge in [0.1, 0.15) is 28.7 Å². The number of ether oxygens (including phenoxy) is 1. The summed E-state index contributed by atoms with van der Waals surface area (Å²) < 4.78 is 6.13. The predicted molar refractivity (Wildman–Crippen MR) is 132 cm³/mol. The number of aromatic hydroxyl groups is 3. The molecular formula is C28H27NO4. The largest absolute Gasteiger partial charge is 0.508 e. The second kappa shape index (κ2) is 8.79. The fourth-order valence-corrected chi connectivity index (χ4v) is 3.83. The van der Waals surface area contributed by atoms with Gasteiger partial charge in [0.15, 0.2) is 0 Å². The minimum Gasteiger partial charge on any atom is -0.508 e. The van der Waals surface area contributed by atoms with Gasteiger partial charge in [-0.25, -0.2) is 0 Å². The number of aryl methyl sites for hydroxylation is 4. The molecule has 0 heterocycles. The first kappa shape index (κ1) is 22.1. The Morgan fingerprint density at radius 3 is 1.82 bits per heavy atom. The van der Waals surface area contributed by atoms with E-state index in [1.165, 1.54) is 0 Å². The zero-order valence-corrected chi connectivity index (χ0v) is 19.1. The van der Waals surface area contributed by atoms with Gasteiger partial charge in [-0.1, -0.05) is 18.2 Å². The highest BCUT2D eigenvalue weighted by atomic mass is 16.5. The molecule has 0 aliphatic rings. The molecule has 0 aliphatic heterocycles. The van der Waals surface area contributed by atoms with Gasteiger partial charge in [-0.2, -0.15) is 0 Å². The normalized spacial score (nSPS) is 10.8. The van der Waals surface area contributed by atoms with Crippen molar-refractivity contribution >= 4 is 17.1 Å². The summed E-state index contributed by atoms with van der Waals surface area (Å²) in [7, 11) is 0. The van der Waals surface area contributed by atoms with Crippen LogP contribution in [0.25, 0.3) is 0 Å². The van der Waals surface area contributed by atoms with Crippen molar-refractivity contribution in [3.05, 3.63) is 95.1 Å². The maximum Gasteiger partial charge on any atom is 0.134 e. The molecule has 5 heteroatoms. The van der Waals surface area contributed by atoms with Gasteiger partial charge in [0, 0.05) is 30.0 Å². The summed E-state index contributed by atoms with van der Waals surface area (Å²) in [5.41, 5.74) is 5.99. The third-order valence-corrected chi connectivity index (χ3v) is 5.66. The number of hydrogen-bond acceptors (Lipinski definition) is 5. The van der Waals surface area contributed by atoms with Crippen molar-refractivity contribution in [1.82, 2.24) is 0 Å². The summed E-state index contributed by atoms with van der Waals surface area (Å²) in [5, 5.41) is 30.5. The van der Waals surface area contributed by atoms with Crippen LogP contribution in [0.5, 0.6) is 28.7 Å². The van der Waals surface area contributed by atoms with Crippen LogP contribution in [0.15, 0.2) is 72.8 Å². The standard InChI is InChI=1S/C28H27NO4/c1-17-8-10-22(30)14-25(17)29(26-15-23(31)11-9-18(26)2)21-6-5-7-24(13-21)33-28-16-27(32)19(3)12-20(28)4/h5-16,30-32H,1-4H3. The number of anilines is 3. The number of rotatable bonds is 5. The summed E-state index contributed by atoms with van der Waals surface area (Å²) in [6.07, 6.45) is 0. The maximum atomic E-state index is 10.2. The average molecular weight is 442 g/mol. The molecule has 168 valence electrons. The number of phenols is 3. The first-order chi connectivity index (χ1) is 15.7. The van der Waals surface area contributed by atoms with Crippen LogP contribution >= 0.6 is 0 Å². The van der Waals surface area contributed by atoms with Crippen LogP contribution in [0.3, 0.4) is 0 Å². The number of hydrogen-bond donors (Lipinski definition) is 3. The van der Waals surface area contributed by atoms with Crippen molar-refractivity contribution in [2.24, 2.45) is 0 Å². The minimum atomic E-state index is 0.150. The topological polar surface area (TPSA) is 73.2 Å². The van der Waals surface area contributed by atoms with E-state index in [0.717, 1.165) is 39.3 Å². The first-order valence-electron chi connectivity index (χ1n) is 10.7. The van der Waals surface area contributed by atoms with Crippen molar-refractivity contribution in [1.29, 1.82) is 0 Å². The van der Waals surface area contributed by atoms with E-state index in [9.17, 15) is 15.3 Å². The van der Waals surface area contributed by atoms with Crippen molar-refractivity contribution in [3.8, 4) is 28.7 Å². The third kappa shape index (κ3) is 4.58. The average Bonchev–Trinajstić information content (AvgIpc) is 2.77. The van der Waals surface area contributed by atoms with Crippen LogP contribution in [0.1, 0.15) is 22.3 Å². The lowest BCUT2D eigenvalue weighted by Gasteiger charge is -2.29. The van der Waals surface area contributed by atoms with Crippen LogP contribution in [-0.4, -0.2) is 15.3 Å². The highest BCUT2D eigenvalue weighted by Crippen LogP contribution is 2.42. The van der Waals surface area contributed by atoms with Gasteiger partial charge in [-0.05, 0) is 80.3 Å². The Morgan fingerprint density at radius 2 is 1.21 bits per heavy atom. The minimum absolute atomic E-state index is 0.150. The Morgan fingerprint density at radius 1 is 0.606 bits per heavy atom. The quantitative estimate of drug-likeness (QED) is 0.303. The lowest BCUT2D eigenvalue weighted by molar-refractivity contribution is 0.450. The monoisotopic (exact) mass is 441 g/mol. The zero-order chi connectivity index (χ0) is 23.7. The molecule has 0 radical (unpaired) electrons. The molecule has 0 spiro atoms. The molecule has 33 heavy (non-hydrogen) atoms. The van der Waals surface area contributed by atoms with Gasteiger partial charge in [-0.15, -0.1) is 0 Å². The molecule has 4 rings (SSSR count). The Bertz CT molecular complexity index is 1280. The molecule has 3 N–H and O–H groups in total. The highest BCUT2D eigenvalue weighted by Gasteiger charge is 2.19. The lowest BCUT2D eigenvalue weighted by atomic mass is 10.1. The molecule has 0 atom stereocenters.